The number of carboxylic acid groups (broad SMARTS) is 1. The molecule has 4 nitrogen and oxygen atoms in total. The summed E-state index contributed by atoms with van der Waals surface area (Å²) >= 11 is 5.62. The van der Waals surface area contributed by atoms with Gasteiger partial charge in [-0.1, -0.05) is 18.5 Å². The van der Waals surface area contributed by atoms with E-state index in [2.05, 4.69) is 4.74 Å². The molecule has 6 heteroatoms. The van der Waals surface area contributed by atoms with Crippen molar-refractivity contribution >= 4 is 17.6 Å². The Kier molecular flexibility index (Phi) is 4.17. The SMILES string of the molecule is COc1c(O)c(CC(C)C(=O)O)cc(Cl)c1F. The average Bonchev–Trinajstić information content (AvgIpc) is 2.26. The minimum Gasteiger partial charge on any atom is -0.504 e. The zero-order valence-electron chi connectivity index (χ0n) is 9.33. The summed E-state index contributed by atoms with van der Waals surface area (Å²) in [5.41, 5.74) is 0.239. The molecule has 17 heavy (non-hydrogen) atoms. The van der Waals surface area contributed by atoms with Crippen molar-refractivity contribution in [1.29, 1.82) is 0 Å². The summed E-state index contributed by atoms with van der Waals surface area (Å²) in [5.74, 6) is -3.37. The number of aliphatic carboxylic acids is 1. The lowest BCUT2D eigenvalue weighted by atomic mass is 10.00. The van der Waals surface area contributed by atoms with Gasteiger partial charge in [0.25, 0.3) is 0 Å². The summed E-state index contributed by atoms with van der Waals surface area (Å²) in [6.07, 6.45) is 0.0392. The minimum absolute atomic E-state index is 0.0392. The van der Waals surface area contributed by atoms with Crippen molar-refractivity contribution in [2.75, 3.05) is 7.11 Å². The van der Waals surface area contributed by atoms with Crippen molar-refractivity contribution < 1.29 is 24.1 Å². The van der Waals surface area contributed by atoms with Crippen molar-refractivity contribution in [3.8, 4) is 11.5 Å². The molecule has 0 radical (unpaired) electrons. The van der Waals surface area contributed by atoms with E-state index in [1.165, 1.54) is 20.1 Å². The van der Waals surface area contributed by atoms with Crippen molar-refractivity contribution in [3.63, 3.8) is 0 Å². The number of phenolic OH excluding ortho intramolecular Hbond substituents is 1. The fourth-order valence-corrected chi connectivity index (χ4v) is 1.62. The van der Waals surface area contributed by atoms with Gasteiger partial charge < -0.3 is 14.9 Å². The average molecular weight is 263 g/mol. The maximum Gasteiger partial charge on any atom is 0.306 e. The molecule has 0 aliphatic heterocycles. The Hall–Kier alpha value is -1.49. The predicted octanol–water partition coefficient (Wildman–Crippen LogP) is 2.46. The Morgan fingerprint density at radius 1 is 1.65 bits per heavy atom. The van der Waals surface area contributed by atoms with E-state index in [1.54, 1.807) is 0 Å². The predicted molar refractivity (Wildman–Crippen MR) is 60.1 cm³/mol. The second kappa shape index (κ2) is 5.23. The van der Waals surface area contributed by atoms with E-state index in [-0.39, 0.29) is 22.8 Å². The molecule has 1 rings (SSSR count). The topological polar surface area (TPSA) is 66.8 Å². The van der Waals surface area contributed by atoms with Crippen LogP contribution in [0.5, 0.6) is 11.5 Å². The molecule has 0 aliphatic rings. The number of carbonyl (C=O) groups is 1. The number of carboxylic acids is 1. The molecule has 0 aliphatic carbocycles. The van der Waals surface area contributed by atoms with E-state index in [1.807, 2.05) is 0 Å². The molecular formula is C11H12ClFO4. The molecule has 2 N–H and O–H groups in total. The first-order valence-corrected chi connectivity index (χ1v) is 5.22. The van der Waals surface area contributed by atoms with Crippen molar-refractivity contribution in [1.82, 2.24) is 0 Å². The molecular weight excluding hydrogens is 251 g/mol. The first-order valence-electron chi connectivity index (χ1n) is 4.85. The number of hydrogen-bond acceptors (Lipinski definition) is 3. The number of benzene rings is 1. The largest absolute Gasteiger partial charge is 0.504 e. The molecule has 1 unspecified atom stereocenters. The van der Waals surface area contributed by atoms with E-state index >= 15 is 0 Å². The Bertz CT molecular complexity index is 448. The lowest BCUT2D eigenvalue weighted by molar-refractivity contribution is -0.141. The van der Waals surface area contributed by atoms with Crippen LogP contribution >= 0.6 is 11.6 Å². The van der Waals surface area contributed by atoms with E-state index in [0.717, 1.165) is 0 Å². The van der Waals surface area contributed by atoms with Crippen LogP contribution < -0.4 is 4.74 Å². The minimum atomic E-state index is -1.01. The summed E-state index contributed by atoms with van der Waals surface area (Å²) in [6.45, 7) is 1.48. The van der Waals surface area contributed by atoms with Crippen LogP contribution in [0.15, 0.2) is 6.07 Å². The first kappa shape index (κ1) is 13.6. The van der Waals surface area contributed by atoms with Crippen molar-refractivity contribution in [2.24, 2.45) is 5.92 Å². The smallest absolute Gasteiger partial charge is 0.306 e. The van der Waals surface area contributed by atoms with Crippen molar-refractivity contribution in [3.05, 3.63) is 22.5 Å². The van der Waals surface area contributed by atoms with E-state index < -0.39 is 23.5 Å². The Labute approximate surface area is 103 Å². The lowest BCUT2D eigenvalue weighted by Gasteiger charge is -2.13. The van der Waals surface area contributed by atoms with E-state index in [9.17, 15) is 14.3 Å². The monoisotopic (exact) mass is 262 g/mol. The molecule has 1 aromatic rings. The molecule has 1 aromatic carbocycles. The summed E-state index contributed by atoms with van der Waals surface area (Å²) in [4.78, 5) is 10.7. The molecule has 0 fully saturated rings. The van der Waals surface area contributed by atoms with Crippen LogP contribution in [-0.2, 0) is 11.2 Å². The fourth-order valence-electron chi connectivity index (χ4n) is 1.40. The number of hydrogen-bond donors (Lipinski definition) is 2. The van der Waals surface area contributed by atoms with Crippen LogP contribution in [0.25, 0.3) is 0 Å². The third kappa shape index (κ3) is 2.79. The lowest BCUT2D eigenvalue weighted by Crippen LogP contribution is -2.12. The molecule has 94 valence electrons. The third-order valence-electron chi connectivity index (χ3n) is 2.38. The number of aromatic hydroxyl groups is 1. The normalized spacial score (nSPS) is 12.2. The number of phenols is 1. The molecule has 0 saturated heterocycles. The second-order valence-corrected chi connectivity index (χ2v) is 4.06. The van der Waals surface area contributed by atoms with Gasteiger partial charge in [0.2, 0.25) is 0 Å². The molecule has 0 heterocycles. The number of ether oxygens (including phenoxy) is 1. The maximum absolute atomic E-state index is 13.4. The standard InChI is InChI=1S/C11H12ClFO4/c1-5(11(15)16)3-6-4-7(12)8(13)10(17-2)9(6)14/h4-5,14H,3H2,1-2H3,(H,15,16). The highest BCUT2D eigenvalue weighted by Gasteiger charge is 2.21. The van der Waals surface area contributed by atoms with Crippen molar-refractivity contribution in [2.45, 2.75) is 13.3 Å². The third-order valence-corrected chi connectivity index (χ3v) is 2.66. The molecule has 0 spiro atoms. The number of methoxy groups -OCH3 is 1. The van der Waals surface area contributed by atoms with Crippen LogP contribution in [0.2, 0.25) is 5.02 Å². The molecule has 1 atom stereocenters. The number of halogens is 2. The highest BCUT2D eigenvalue weighted by molar-refractivity contribution is 6.31. The van der Waals surface area contributed by atoms with E-state index in [0.29, 0.717) is 0 Å². The van der Waals surface area contributed by atoms with Gasteiger partial charge in [-0.05, 0) is 12.5 Å². The van der Waals surface area contributed by atoms with Crippen LogP contribution in [0, 0.1) is 11.7 Å². The Morgan fingerprint density at radius 2 is 2.24 bits per heavy atom. The van der Waals surface area contributed by atoms with Gasteiger partial charge in [-0.2, -0.15) is 0 Å². The quantitative estimate of drug-likeness (QED) is 0.875. The van der Waals surface area contributed by atoms with Gasteiger partial charge in [0.05, 0.1) is 18.1 Å². The summed E-state index contributed by atoms with van der Waals surface area (Å²) in [6, 6.07) is 1.20. The zero-order chi connectivity index (χ0) is 13.2. The number of rotatable bonds is 4. The van der Waals surface area contributed by atoms with Gasteiger partial charge in [-0.3, -0.25) is 4.79 Å². The van der Waals surface area contributed by atoms with E-state index in [4.69, 9.17) is 16.7 Å². The second-order valence-electron chi connectivity index (χ2n) is 3.66. The first-order chi connectivity index (χ1) is 7.88. The molecule has 0 aromatic heterocycles. The van der Waals surface area contributed by atoms with Gasteiger partial charge in [-0.15, -0.1) is 0 Å². The van der Waals surface area contributed by atoms with Gasteiger partial charge in [0.15, 0.2) is 17.3 Å². The van der Waals surface area contributed by atoms with Gasteiger partial charge >= 0.3 is 5.97 Å². The molecule has 0 amide bonds. The summed E-state index contributed by atoms with van der Waals surface area (Å²) < 4.78 is 18.1. The van der Waals surface area contributed by atoms with Gasteiger partial charge in [0.1, 0.15) is 0 Å². The Balaban J connectivity index is 3.17. The zero-order valence-corrected chi connectivity index (χ0v) is 10.1. The van der Waals surface area contributed by atoms with Crippen LogP contribution in [0.1, 0.15) is 12.5 Å². The Morgan fingerprint density at radius 3 is 2.71 bits per heavy atom. The highest BCUT2D eigenvalue weighted by atomic mass is 35.5. The molecule has 0 bridgehead atoms. The van der Waals surface area contributed by atoms with Gasteiger partial charge in [-0.25, -0.2) is 4.39 Å². The fraction of sp³-hybridized carbons (Fsp3) is 0.364. The van der Waals surface area contributed by atoms with Gasteiger partial charge in [0, 0.05) is 5.56 Å². The van der Waals surface area contributed by atoms with Crippen LogP contribution in [0.4, 0.5) is 4.39 Å². The highest BCUT2D eigenvalue weighted by Crippen LogP contribution is 2.38. The summed E-state index contributed by atoms with van der Waals surface area (Å²) in [5, 5.41) is 18.3. The van der Waals surface area contributed by atoms with Crippen LogP contribution in [0.3, 0.4) is 0 Å². The molecule has 0 saturated carbocycles. The summed E-state index contributed by atoms with van der Waals surface area (Å²) in [7, 11) is 1.19. The maximum atomic E-state index is 13.4. The van der Waals surface area contributed by atoms with Crippen LogP contribution in [-0.4, -0.2) is 23.3 Å².